The van der Waals surface area contributed by atoms with Crippen molar-refractivity contribution in [3.05, 3.63) is 81.9 Å². The van der Waals surface area contributed by atoms with E-state index in [9.17, 15) is 14.9 Å². The minimum absolute atomic E-state index is 0.0338. The minimum Gasteiger partial charge on any atom is -0.463 e. The van der Waals surface area contributed by atoms with Gasteiger partial charge in [0, 0.05) is 37.0 Å². The number of rotatable bonds is 4. The predicted octanol–water partition coefficient (Wildman–Crippen LogP) is 3.93. The summed E-state index contributed by atoms with van der Waals surface area (Å²) in [6, 6.07) is 10.7. The molecule has 1 unspecified atom stereocenters. The van der Waals surface area contributed by atoms with Gasteiger partial charge in [0.2, 0.25) is 11.6 Å². The van der Waals surface area contributed by atoms with Gasteiger partial charge in [-0.05, 0) is 55.3 Å². The van der Waals surface area contributed by atoms with Crippen molar-refractivity contribution in [3.63, 3.8) is 0 Å². The van der Waals surface area contributed by atoms with Crippen molar-refractivity contribution in [1.29, 1.82) is 0 Å². The number of amides is 1. The molecule has 0 saturated heterocycles. The molecular formula is C23H23N3O4. The van der Waals surface area contributed by atoms with E-state index in [4.69, 9.17) is 4.74 Å². The molecule has 0 aromatic heterocycles. The number of nitrogens with one attached hydrogen (secondary N) is 1. The van der Waals surface area contributed by atoms with Gasteiger partial charge in [0.05, 0.1) is 10.3 Å². The van der Waals surface area contributed by atoms with Gasteiger partial charge in [0.15, 0.2) is 0 Å². The highest BCUT2D eigenvalue weighted by Gasteiger charge is 2.57. The normalized spacial score (nSPS) is 20.3. The van der Waals surface area contributed by atoms with Crippen LogP contribution in [-0.2, 0) is 16.8 Å². The smallest absolute Gasteiger partial charge is 0.270 e. The third-order valence-corrected chi connectivity index (χ3v) is 6.10. The number of nitrogens with zero attached hydrogens (tertiary/aromatic N) is 2. The van der Waals surface area contributed by atoms with Gasteiger partial charge in [0.1, 0.15) is 5.75 Å². The number of carbonyl (C=O) groups excluding carboxylic acids is 1. The molecule has 7 heteroatoms. The fourth-order valence-electron chi connectivity index (χ4n) is 4.33. The molecule has 154 valence electrons. The van der Waals surface area contributed by atoms with Crippen LogP contribution in [-0.4, -0.2) is 23.6 Å². The third kappa shape index (κ3) is 2.77. The Morgan fingerprint density at radius 3 is 2.77 bits per heavy atom. The fourth-order valence-corrected chi connectivity index (χ4v) is 4.33. The average molecular weight is 405 g/mol. The summed E-state index contributed by atoms with van der Waals surface area (Å²) < 4.78 is 6.51. The fraction of sp³-hybridized carbons (Fsp3) is 0.261. The topological polar surface area (TPSA) is 84.7 Å². The van der Waals surface area contributed by atoms with Crippen LogP contribution >= 0.6 is 0 Å². The summed E-state index contributed by atoms with van der Waals surface area (Å²) in [7, 11) is 1.98. The van der Waals surface area contributed by atoms with Crippen LogP contribution in [0.3, 0.4) is 0 Å². The van der Waals surface area contributed by atoms with Crippen molar-refractivity contribution in [1.82, 2.24) is 5.32 Å². The van der Waals surface area contributed by atoms with Crippen LogP contribution < -0.4 is 15.0 Å². The summed E-state index contributed by atoms with van der Waals surface area (Å²) in [4.78, 5) is 24.3. The number of anilines is 1. The first-order chi connectivity index (χ1) is 14.2. The van der Waals surface area contributed by atoms with Gasteiger partial charge >= 0.3 is 0 Å². The first-order valence-corrected chi connectivity index (χ1v) is 9.64. The van der Waals surface area contributed by atoms with Crippen molar-refractivity contribution in [2.24, 2.45) is 0 Å². The summed E-state index contributed by atoms with van der Waals surface area (Å²) >= 11 is 0. The largest absolute Gasteiger partial charge is 0.463 e. The third-order valence-electron chi connectivity index (χ3n) is 6.10. The van der Waals surface area contributed by atoms with E-state index in [0.29, 0.717) is 17.9 Å². The number of ether oxygens (including phenoxy) is 1. The first kappa shape index (κ1) is 19.7. The van der Waals surface area contributed by atoms with E-state index < -0.39 is 16.1 Å². The summed E-state index contributed by atoms with van der Waals surface area (Å²) in [5, 5.41) is 13.9. The summed E-state index contributed by atoms with van der Waals surface area (Å²) in [6.45, 7) is 8.11. The van der Waals surface area contributed by atoms with Gasteiger partial charge in [-0.15, -0.1) is 0 Å². The van der Waals surface area contributed by atoms with Crippen LogP contribution in [0.5, 0.6) is 5.75 Å². The zero-order valence-electron chi connectivity index (χ0n) is 17.1. The number of hydrogen-bond donors (Lipinski definition) is 1. The molecule has 2 aliphatic rings. The van der Waals surface area contributed by atoms with Crippen LogP contribution in [0.2, 0.25) is 0 Å². The number of benzene rings is 2. The second-order valence-corrected chi connectivity index (χ2v) is 8.07. The summed E-state index contributed by atoms with van der Waals surface area (Å²) in [5.41, 5.74) is 2.64. The van der Waals surface area contributed by atoms with Crippen LogP contribution in [0.4, 0.5) is 11.4 Å². The molecular weight excluding hydrogens is 382 g/mol. The molecule has 1 atom stereocenters. The van der Waals surface area contributed by atoms with E-state index in [1.807, 2.05) is 31.3 Å². The van der Waals surface area contributed by atoms with E-state index in [2.05, 4.69) is 36.7 Å². The molecule has 2 aromatic carbocycles. The van der Waals surface area contributed by atoms with E-state index in [0.717, 1.165) is 16.8 Å². The molecule has 0 aliphatic carbocycles. The number of non-ortho nitro benzene ring substituents is 1. The monoisotopic (exact) mass is 405 g/mol. The van der Waals surface area contributed by atoms with E-state index in [-0.39, 0.29) is 11.6 Å². The highest BCUT2D eigenvalue weighted by molar-refractivity contribution is 5.86. The van der Waals surface area contributed by atoms with Crippen LogP contribution in [0.25, 0.3) is 6.08 Å². The number of likely N-dealkylation sites (N-methyl/N-ethyl adjacent to an activating group) is 1. The van der Waals surface area contributed by atoms with Gasteiger partial charge in [0.25, 0.3) is 5.69 Å². The molecule has 7 nitrogen and oxygen atoms in total. The molecule has 1 spiro atoms. The molecule has 2 aliphatic heterocycles. The standard InChI is InChI=1S/C23H23N3O4/c1-5-21(27)24-14-15-6-8-19-18(12-15)22(2,3)23(25(19)4)11-10-16-13-17(26(28)29)7-9-20(16)30-23/h5-13H,1,14H2,2-4H3,(H,24,27). The van der Waals surface area contributed by atoms with Gasteiger partial charge < -0.3 is 15.0 Å². The maximum absolute atomic E-state index is 11.5. The quantitative estimate of drug-likeness (QED) is 0.473. The number of fused-ring (bicyclic) bond motifs is 2. The summed E-state index contributed by atoms with van der Waals surface area (Å²) in [5.74, 6) is 0.391. The maximum Gasteiger partial charge on any atom is 0.270 e. The number of carbonyl (C=O) groups is 1. The zero-order chi connectivity index (χ0) is 21.7. The lowest BCUT2D eigenvalue weighted by Gasteiger charge is -2.45. The van der Waals surface area contributed by atoms with Crippen molar-refractivity contribution in [2.45, 2.75) is 31.5 Å². The Labute approximate surface area is 174 Å². The molecule has 1 N–H and O–H groups in total. The number of nitro groups is 1. The van der Waals surface area contributed by atoms with Crippen LogP contribution in [0.15, 0.2) is 55.1 Å². The van der Waals surface area contributed by atoms with Crippen molar-refractivity contribution in [2.75, 3.05) is 11.9 Å². The van der Waals surface area contributed by atoms with Gasteiger partial charge in [-0.1, -0.05) is 18.7 Å². The molecule has 30 heavy (non-hydrogen) atoms. The Morgan fingerprint density at radius 1 is 1.30 bits per heavy atom. The van der Waals surface area contributed by atoms with Crippen LogP contribution in [0, 0.1) is 10.1 Å². The molecule has 0 saturated carbocycles. The minimum atomic E-state index is -0.776. The number of hydrogen-bond acceptors (Lipinski definition) is 5. The Balaban J connectivity index is 1.71. The highest BCUT2D eigenvalue weighted by Crippen LogP contribution is 2.54. The second kappa shape index (κ2) is 6.73. The Bertz CT molecular complexity index is 1110. The van der Waals surface area contributed by atoms with E-state index >= 15 is 0 Å². The molecule has 4 rings (SSSR count). The van der Waals surface area contributed by atoms with Gasteiger partial charge in [-0.25, -0.2) is 0 Å². The summed E-state index contributed by atoms with van der Waals surface area (Å²) in [6.07, 6.45) is 5.11. The Hall–Kier alpha value is -3.61. The maximum atomic E-state index is 11.5. The zero-order valence-corrected chi connectivity index (χ0v) is 17.1. The van der Waals surface area contributed by atoms with Gasteiger partial charge in [-0.2, -0.15) is 0 Å². The molecule has 1 amide bonds. The first-order valence-electron chi connectivity index (χ1n) is 9.64. The second-order valence-electron chi connectivity index (χ2n) is 8.07. The van der Waals surface area contributed by atoms with Crippen molar-refractivity contribution < 1.29 is 14.5 Å². The lowest BCUT2D eigenvalue weighted by Crippen LogP contribution is -2.58. The number of nitro benzene ring substituents is 1. The molecule has 0 bridgehead atoms. The van der Waals surface area contributed by atoms with Crippen LogP contribution in [0.1, 0.15) is 30.5 Å². The van der Waals surface area contributed by atoms with Gasteiger partial charge in [-0.3, -0.25) is 14.9 Å². The molecule has 0 fully saturated rings. The molecule has 2 heterocycles. The average Bonchev–Trinajstić information content (AvgIpc) is 2.89. The Morgan fingerprint density at radius 2 is 2.07 bits per heavy atom. The molecule has 2 aromatic rings. The lowest BCUT2D eigenvalue weighted by atomic mass is 9.76. The Kier molecular flexibility index (Phi) is 4.42. The predicted molar refractivity (Wildman–Crippen MR) is 115 cm³/mol. The van der Waals surface area contributed by atoms with Crippen molar-refractivity contribution >= 4 is 23.4 Å². The van der Waals surface area contributed by atoms with E-state index in [1.165, 1.54) is 18.2 Å². The molecule has 0 radical (unpaired) electrons. The highest BCUT2D eigenvalue weighted by atomic mass is 16.6. The van der Waals surface area contributed by atoms with E-state index in [1.54, 1.807) is 6.07 Å². The van der Waals surface area contributed by atoms with Crippen molar-refractivity contribution in [3.8, 4) is 5.75 Å². The lowest BCUT2D eigenvalue weighted by molar-refractivity contribution is -0.384. The SMILES string of the molecule is C=CC(=O)NCc1ccc2c(c1)C(C)(C)C1(C=Cc3cc([N+](=O)[O-])ccc3O1)N2C.